The molecule has 0 bridgehead atoms. The quantitative estimate of drug-likeness (QED) is 0.664. The molecule has 2 rings (SSSR count). The first-order valence-corrected chi connectivity index (χ1v) is 6.48. The molecule has 3 nitrogen and oxygen atoms in total. The molecule has 0 spiro atoms. The Labute approximate surface area is 118 Å². The first-order valence-electron chi connectivity index (χ1n) is 6.48. The summed E-state index contributed by atoms with van der Waals surface area (Å²) in [4.78, 5) is 11.9. The number of ether oxygens (including phenoxy) is 1. The number of phenols is 1. The fraction of sp³-hybridized carbons (Fsp3) is 0.235. The summed E-state index contributed by atoms with van der Waals surface area (Å²) in [6, 6.07) is 13.5. The van der Waals surface area contributed by atoms with Crippen molar-refractivity contribution < 1.29 is 14.6 Å². The van der Waals surface area contributed by atoms with Gasteiger partial charge in [-0.1, -0.05) is 32.9 Å². The summed E-state index contributed by atoms with van der Waals surface area (Å²) in [5.41, 5.74) is 1.66. The van der Waals surface area contributed by atoms with Gasteiger partial charge in [0.2, 0.25) is 0 Å². The van der Waals surface area contributed by atoms with E-state index in [4.69, 9.17) is 4.74 Å². The highest BCUT2D eigenvalue weighted by Gasteiger charge is 2.14. The minimum Gasteiger partial charge on any atom is -0.508 e. The SMILES string of the molecule is CC(C)(C)c1ccc(OC(=O)c2ccc(O)cc2)cc1. The van der Waals surface area contributed by atoms with E-state index in [1.807, 2.05) is 12.1 Å². The first kappa shape index (κ1) is 14.1. The van der Waals surface area contributed by atoms with Gasteiger partial charge in [-0.25, -0.2) is 4.79 Å². The fourth-order valence-electron chi connectivity index (χ4n) is 1.79. The predicted molar refractivity (Wildman–Crippen MR) is 78.2 cm³/mol. The number of rotatable bonds is 2. The Bertz CT molecular complexity index is 590. The van der Waals surface area contributed by atoms with Gasteiger partial charge in [-0.2, -0.15) is 0 Å². The highest BCUT2D eigenvalue weighted by Crippen LogP contribution is 2.24. The molecular formula is C17H18O3. The van der Waals surface area contributed by atoms with Crippen molar-refractivity contribution >= 4 is 5.97 Å². The molecular weight excluding hydrogens is 252 g/mol. The van der Waals surface area contributed by atoms with Crippen LogP contribution < -0.4 is 4.74 Å². The van der Waals surface area contributed by atoms with Crippen LogP contribution in [0.25, 0.3) is 0 Å². The fourth-order valence-corrected chi connectivity index (χ4v) is 1.79. The summed E-state index contributed by atoms with van der Waals surface area (Å²) < 4.78 is 5.29. The van der Waals surface area contributed by atoms with Crippen molar-refractivity contribution in [1.82, 2.24) is 0 Å². The van der Waals surface area contributed by atoms with E-state index in [0.29, 0.717) is 11.3 Å². The lowest BCUT2D eigenvalue weighted by atomic mass is 9.87. The molecule has 2 aromatic rings. The van der Waals surface area contributed by atoms with Crippen LogP contribution in [0, 0.1) is 0 Å². The van der Waals surface area contributed by atoms with Crippen LogP contribution in [0.15, 0.2) is 48.5 Å². The Morgan fingerprint density at radius 3 is 2.00 bits per heavy atom. The molecule has 0 heterocycles. The van der Waals surface area contributed by atoms with Crippen molar-refractivity contribution in [2.45, 2.75) is 26.2 Å². The second-order valence-corrected chi connectivity index (χ2v) is 5.71. The van der Waals surface area contributed by atoms with Gasteiger partial charge in [0, 0.05) is 0 Å². The van der Waals surface area contributed by atoms with Gasteiger partial charge < -0.3 is 9.84 Å². The molecule has 0 unspecified atom stereocenters. The second-order valence-electron chi connectivity index (χ2n) is 5.71. The summed E-state index contributed by atoms with van der Waals surface area (Å²) in [5.74, 6) is 0.195. The smallest absolute Gasteiger partial charge is 0.343 e. The molecule has 0 aromatic heterocycles. The van der Waals surface area contributed by atoms with Gasteiger partial charge in [-0.3, -0.25) is 0 Å². The minimum atomic E-state index is -0.437. The van der Waals surface area contributed by atoms with E-state index in [2.05, 4.69) is 20.8 Å². The number of aromatic hydroxyl groups is 1. The number of hydrogen-bond acceptors (Lipinski definition) is 3. The van der Waals surface area contributed by atoms with Crippen LogP contribution in [-0.4, -0.2) is 11.1 Å². The molecule has 3 heteroatoms. The number of carbonyl (C=O) groups excluding carboxylic acids is 1. The monoisotopic (exact) mass is 270 g/mol. The molecule has 0 fully saturated rings. The topological polar surface area (TPSA) is 46.5 Å². The lowest BCUT2D eigenvalue weighted by molar-refractivity contribution is 0.0734. The number of phenolic OH excluding ortho intramolecular Hbond substituents is 1. The zero-order valence-corrected chi connectivity index (χ0v) is 11.9. The zero-order chi connectivity index (χ0) is 14.8. The van der Waals surface area contributed by atoms with Crippen LogP contribution >= 0.6 is 0 Å². The zero-order valence-electron chi connectivity index (χ0n) is 11.9. The molecule has 0 saturated carbocycles. The third kappa shape index (κ3) is 3.38. The largest absolute Gasteiger partial charge is 0.508 e. The Morgan fingerprint density at radius 1 is 0.950 bits per heavy atom. The summed E-state index contributed by atoms with van der Waals surface area (Å²) in [7, 11) is 0. The van der Waals surface area contributed by atoms with Crippen molar-refractivity contribution in [1.29, 1.82) is 0 Å². The Hall–Kier alpha value is -2.29. The van der Waals surface area contributed by atoms with Crippen LogP contribution in [0.3, 0.4) is 0 Å². The highest BCUT2D eigenvalue weighted by atomic mass is 16.5. The van der Waals surface area contributed by atoms with Crippen molar-refractivity contribution in [2.75, 3.05) is 0 Å². The maximum atomic E-state index is 11.9. The lowest BCUT2D eigenvalue weighted by Crippen LogP contribution is -2.11. The van der Waals surface area contributed by atoms with Crippen LogP contribution in [0.2, 0.25) is 0 Å². The number of hydrogen-bond donors (Lipinski definition) is 1. The van der Waals surface area contributed by atoms with Crippen LogP contribution in [0.5, 0.6) is 11.5 Å². The van der Waals surface area contributed by atoms with E-state index in [0.717, 1.165) is 0 Å². The minimum absolute atomic E-state index is 0.0689. The average Bonchev–Trinajstić information content (AvgIpc) is 2.39. The molecule has 0 aliphatic rings. The molecule has 0 radical (unpaired) electrons. The molecule has 2 aromatic carbocycles. The van der Waals surface area contributed by atoms with Gasteiger partial charge in [-0.05, 0) is 47.4 Å². The predicted octanol–water partition coefficient (Wildman–Crippen LogP) is 3.91. The van der Waals surface area contributed by atoms with Crippen molar-refractivity contribution in [3.63, 3.8) is 0 Å². The lowest BCUT2D eigenvalue weighted by Gasteiger charge is -2.18. The van der Waals surface area contributed by atoms with Crippen molar-refractivity contribution in [3.05, 3.63) is 59.7 Å². The molecule has 0 aliphatic carbocycles. The van der Waals surface area contributed by atoms with Crippen LogP contribution in [0.1, 0.15) is 36.7 Å². The van der Waals surface area contributed by atoms with E-state index in [9.17, 15) is 9.90 Å². The van der Waals surface area contributed by atoms with Crippen molar-refractivity contribution in [3.8, 4) is 11.5 Å². The third-order valence-corrected chi connectivity index (χ3v) is 3.03. The molecule has 0 atom stereocenters. The maximum Gasteiger partial charge on any atom is 0.343 e. The second kappa shape index (κ2) is 5.37. The molecule has 104 valence electrons. The standard InChI is InChI=1S/C17H18O3/c1-17(2,3)13-6-10-15(11-7-13)20-16(19)12-4-8-14(18)9-5-12/h4-11,18H,1-3H3. The van der Waals surface area contributed by atoms with Gasteiger partial charge in [-0.15, -0.1) is 0 Å². The molecule has 0 aliphatic heterocycles. The van der Waals surface area contributed by atoms with E-state index in [1.165, 1.54) is 29.8 Å². The number of esters is 1. The first-order chi connectivity index (χ1) is 9.36. The molecule has 0 saturated heterocycles. The molecule has 0 amide bonds. The Kier molecular flexibility index (Phi) is 3.79. The van der Waals surface area contributed by atoms with Gasteiger partial charge in [0.25, 0.3) is 0 Å². The maximum absolute atomic E-state index is 11.9. The van der Waals surface area contributed by atoms with E-state index in [1.54, 1.807) is 12.1 Å². The third-order valence-electron chi connectivity index (χ3n) is 3.03. The van der Waals surface area contributed by atoms with Crippen LogP contribution in [0.4, 0.5) is 0 Å². The Morgan fingerprint density at radius 2 is 1.50 bits per heavy atom. The van der Waals surface area contributed by atoms with Crippen LogP contribution in [-0.2, 0) is 5.41 Å². The summed E-state index contributed by atoms with van der Waals surface area (Å²) in [6.45, 7) is 6.39. The Balaban J connectivity index is 2.10. The molecule has 20 heavy (non-hydrogen) atoms. The van der Waals surface area contributed by atoms with Crippen molar-refractivity contribution in [2.24, 2.45) is 0 Å². The van der Waals surface area contributed by atoms with Gasteiger partial charge in [0.15, 0.2) is 0 Å². The molecule has 1 N–H and O–H groups in total. The van der Waals surface area contributed by atoms with E-state index in [-0.39, 0.29) is 11.2 Å². The van der Waals surface area contributed by atoms with Gasteiger partial charge in [0.05, 0.1) is 5.56 Å². The normalized spacial score (nSPS) is 11.2. The number of benzene rings is 2. The van der Waals surface area contributed by atoms with E-state index >= 15 is 0 Å². The summed E-state index contributed by atoms with van der Waals surface area (Å²) in [6.07, 6.45) is 0. The van der Waals surface area contributed by atoms with Gasteiger partial charge >= 0.3 is 5.97 Å². The number of carbonyl (C=O) groups is 1. The van der Waals surface area contributed by atoms with Gasteiger partial charge in [0.1, 0.15) is 11.5 Å². The highest BCUT2D eigenvalue weighted by molar-refractivity contribution is 5.91. The summed E-state index contributed by atoms with van der Waals surface area (Å²) in [5, 5.41) is 9.18. The average molecular weight is 270 g/mol. The summed E-state index contributed by atoms with van der Waals surface area (Å²) >= 11 is 0. The van der Waals surface area contributed by atoms with E-state index < -0.39 is 5.97 Å².